The van der Waals surface area contributed by atoms with Crippen LogP contribution >= 0.6 is 0 Å². The molecular formula is CH3BOY. The zero-order valence-corrected chi connectivity index (χ0v) is 5.15. The van der Waals surface area contributed by atoms with Gasteiger partial charge in [-0.2, -0.15) is 0 Å². The summed E-state index contributed by atoms with van der Waals surface area (Å²) in [7, 11) is 4.40. The number of hydrogen-bond donors (Lipinski definition) is 1. The van der Waals surface area contributed by atoms with Gasteiger partial charge in [0.15, 0.2) is 0 Å². The average molecular weight is 131 g/mol. The third-order valence-corrected chi connectivity index (χ3v) is 0. The van der Waals surface area contributed by atoms with Crippen LogP contribution in [-0.4, -0.2) is 19.5 Å². The van der Waals surface area contributed by atoms with Crippen LogP contribution in [0.5, 0.6) is 0 Å². The Kier molecular flexibility index (Phi) is 19.9. The SMILES string of the molecule is [B]CO.[Y]. The fourth-order valence-electron chi connectivity index (χ4n) is 0. The zero-order valence-electron chi connectivity index (χ0n) is 2.31. The van der Waals surface area contributed by atoms with Gasteiger partial charge in [0.1, 0.15) is 7.85 Å². The van der Waals surface area contributed by atoms with Crippen molar-refractivity contribution in [3.8, 4) is 0 Å². The second-order valence-corrected chi connectivity index (χ2v) is 0.183. The first-order chi connectivity index (χ1) is 1.41. The average Bonchev–Trinajstić information content (AvgIpc) is 0.918. The smallest absolute Gasteiger partial charge is 0.103 e. The van der Waals surface area contributed by atoms with Gasteiger partial charge in [-0.15, -0.1) is 0 Å². The summed E-state index contributed by atoms with van der Waals surface area (Å²) in [4.78, 5) is 0. The van der Waals surface area contributed by atoms with Crippen LogP contribution in [0.25, 0.3) is 0 Å². The summed E-state index contributed by atoms with van der Waals surface area (Å²) in [5.41, 5.74) is 0. The third-order valence-electron chi connectivity index (χ3n) is 0. The Bertz CT molecular complexity index is 8.00. The molecule has 0 bridgehead atoms. The molecular weight excluding hydrogens is 128 g/mol. The van der Waals surface area contributed by atoms with Crippen molar-refractivity contribution < 1.29 is 37.8 Å². The minimum atomic E-state index is -0.250. The topological polar surface area (TPSA) is 20.2 Å². The van der Waals surface area contributed by atoms with E-state index in [4.69, 9.17) is 5.11 Å². The molecule has 0 spiro atoms. The van der Waals surface area contributed by atoms with E-state index in [2.05, 4.69) is 7.85 Å². The molecule has 1 nitrogen and oxygen atoms in total. The number of rotatable bonds is 0. The molecule has 0 atom stereocenters. The molecule has 0 amide bonds. The van der Waals surface area contributed by atoms with Crippen LogP contribution in [0.2, 0.25) is 0 Å². The molecule has 0 aromatic rings. The van der Waals surface area contributed by atoms with Gasteiger partial charge >= 0.3 is 0 Å². The summed E-state index contributed by atoms with van der Waals surface area (Å²) in [5.74, 6) is 0. The van der Waals surface area contributed by atoms with Crippen molar-refractivity contribution in [1.82, 2.24) is 0 Å². The predicted molar refractivity (Wildman–Crippen MR) is 12.8 cm³/mol. The van der Waals surface area contributed by atoms with Gasteiger partial charge in [0.2, 0.25) is 0 Å². The minimum Gasteiger partial charge on any atom is -0.406 e. The Labute approximate surface area is 52.1 Å². The van der Waals surface area contributed by atoms with Crippen molar-refractivity contribution in [1.29, 1.82) is 0 Å². The van der Waals surface area contributed by atoms with Crippen LogP contribution in [0.15, 0.2) is 0 Å². The van der Waals surface area contributed by atoms with E-state index in [0.717, 1.165) is 0 Å². The Morgan fingerprint density at radius 1 is 1.75 bits per heavy atom. The Hall–Kier alpha value is 1.13. The van der Waals surface area contributed by atoms with Crippen molar-refractivity contribution in [2.24, 2.45) is 0 Å². The maximum absolute atomic E-state index is 7.35. The second-order valence-electron chi connectivity index (χ2n) is 0.183. The standard InChI is InChI=1S/CH3BO.Y/c2-1-3;/h3H,1H2;. The minimum absolute atomic E-state index is 0. The summed E-state index contributed by atoms with van der Waals surface area (Å²) in [6.07, 6.45) is 0. The van der Waals surface area contributed by atoms with Crippen LogP contribution in [0, 0.1) is 0 Å². The summed E-state index contributed by atoms with van der Waals surface area (Å²) < 4.78 is 0. The molecule has 0 aromatic carbocycles. The molecule has 0 saturated heterocycles. The van der Waals surface area contributed by atoms with Gasteiger partial charge in [0, 0.05) is 39.2 Å². The van der Waals surface area contributed by atoms with E-state index in [0.29, 0.717) is 0 Å². The van der Waals surface area contributed by atoms with E-state index >= 15 is 0 Å². The molecule has 0 saturated carbocycles. The fraction of sp³-hybridized carbons (Fsp3) is 1.00. The third kappa shape index (κ3) is 11.1. The van der Waals surface area contributed by atoms with E-state index in [1.165, 1.54) is 0 Å². The van der Waals surface area contributed by atoms with Crippen LogP contribution in [0.1, 0.15) is 0 Å². The van der Waals surface area contributed by atoms with Crippen LogP contribution < -0.4 is 0 Å². The largest absolute Gasteiger partial charge is 0.406 e. The summed E-state index contributed by atoms with van der Waals surface area (Å²) in [5, 5.41) is 7.35. The van der Waals surface area contributed by atoms with E-state index in [-0.39, 0.29) is 39.2 Å². The van der Waals surface area contributed by atoms with Gasteiger partial charge in [0.05, 0.1) is 0 Å². The van der Waals surface area contributed by atoms with Crippen molar-refractivity contribution >= 4 is 7.85 Å². The first-order valence-electron chi connectivity index (χ1n) is 0.724. The van der Waals surface area contributed by atoms with Crippen molar-refractivity contribution in [3.05, 3.63) is 0 Å². The molecule has 0 aliphatic carbocycles. The summed E-state index contributed by atoms with van der Waals surface area (Å²) in [6.45, 7) is -0.250. The second kappa shape index (κ2) is 8.92. The van der Waals surface area contributed by atoms with Crippen LogP contribution in [-0.2, 0) is 32.7 Å². The number of aliphatic hydroxyl groups is 1. The van der Waals surface area contributed by atoms with E-state index in [1.54, 1.807) is 0 Å². The fourth-order valence-corrected chi connectivity index (χ4v) is 0. The van der Waals surface area contributed by atoms with Crippen LogP contribution in [0.4, 0.5) is 0 Å². The molecule has 19 valence electrons. The first-order valence-corrected chi connectivity index (χ1v) is 0.724. The quantitative estimate of drug-likeness (QED) is 0.422. The van der Waals surface area contributed by atoms with Gasteiger partial charge in [-0.05, 0) is 0 Å². The van der Waals surface area contributed by atoms with E-state index in [1.807, 2.05) is 0 Å². The molecule has 0 aromatic heterocycles. The van der Waals surface area contributed by atoms with Gasteiger partial charge < -0.3 is 5.11 Å². The van der Waals surface area contributed by atoms with Gasteiger partial charge in [0.25, 0.3) is 0 Å². The molecule has 0 aliphatic rings. The van der Waals surface area contributed by atoms with Gasteiger partial charge in [-0.3, -0.25) is 0 Å². The van der Waals surface area contributed by atoms with Crippen LogP contribution in [0.3, 0.4) is 0 Å². The van der Waals surface area contributed by atoms with Crippen molar-refractivity contribution in [3.63, 3.8) is 0 Å². The number of aliphatic hydroxyl groups excluding tert-OH is 1. The zero-order chi connectivity index (χ0) is 2.71. The summed E-state index contributed by atoms with van der Waals surface area (Å²) in [6, 6.07) is 0. The Balaban J connectivity index is 0. The van der Waals surface area contributed by atoms with Gasteiger partial charge in [-0.25, -0.2) is 0 Å². The molecule has 4 heavy (non-hydrogen) atoms. The molecule has 0 rings (SSSR count). The summed E-state index contributed by atoms with van der Waals surface area (Å²) >= 11 is 0. The first kappa shape index (κ1) is 8.93. The maximum Gasteiger partial charge on any atom is 0.103 e. The molecule has 3 heteroatoms. The monoisotopic (exact) mass is 131 g/mol. The predicted octanol–water partition coefficient (Wildman–Crippen LogP) is -0.898. The Morgan fingerprint density at radius 2 is 1.75 bits per heavy atom. The van der Waals surface area contributed by atoms with E-state index in [9.17, 15) is 0 Å². The maximum atomic E-state index is 7.35. The molecule has 0 fully saturated rings. The normalized spacial score (nSPS) is 4.25. The molecule has 0 heterocycles. The number of hydrogen-bond acceptors (Lipinski definition) is 1. The molecule has 3 radical (unpaired) electrons. The molecule has 0 unspecified atom stereocenters. The molecule has 1 N–H and O–H groups in total. The van der Waals surface area contributed by atoms with Crippen molar-refractivity contribution in [2.45, 2.75) is 0 Å². The van der Waals surface area contributed by atoms with Crippen molar-refractivity contribution in [2.75, 3.05) is 6.51 Å². The Morgan fingerprint density at radius 3 is 1.75 bits per heavy atom. The van der Waals surface area contributed by atoms with E-state index < -0.39 is 0 Å². The van der Waals surface area contributed by atoms with Gasteiger partial charge in [-0.1, -0.05) is 0 Å². The molecule has 0 aliphatic heterocycles.